The molecule has 1 N–H and O–H groups in total. The maximum absolute atomic E-state index is 13.0. The van der Waals surface area contributed by atoms with Crippen LogP contribution in [0.25, 0.3) is 0 Å². The lowest BCUT2D eigenvalue weighted by Crippen LogP contribution is -2.38. The van der Waals surface area contributed by atoms with Crippen molar-refractivity contribution in [2.75, 3.05) is 6.54 Å². The molecule has 0 bridgehead atoms. The SMILES string of the molecule is O=C(N[C@@H](Cc1ccccc1)c1ccccc1)[C@@H]1CC(=O)N(C2CCCC2)C1. The molecule has 1 saturated heterocycles. The summed E-state index contributed by atoms with van der Waals surface area (Å²) in [6, 6.07) is 20.6. The molecule has 1 heterocycles. The van der Waals surface area contributed by atoms with Gasteiger partial charge in [0, 0.05) is 19.0 Å². The van der Waals surface area contributed by atoms with Crippen LogP contribution in [0.15, 0.2) is 60.7 Å². The van der Waals surface area contributed by atoms with E-state index >= 15 is 0 Å². The first-order chi connectivity index (χ1) is 13.7. The molecule has 1 aliphatic carbocycles. The Bertz CT molecular complexity index is 800. The topological polar surface area (TPSA) is 49.4 Å². The van der Waals surface area contributed by atoms with Crippen molar-refractivity contribution in [2.24, 2.45) is 5.92 Å². The fourth-order valence-corrected chi connectivity index (χ4v) is 4.55. The number of hydrogen-bond donors (Lipinski definition) is 1. The van der Waals surface area contributed by atoms with Gasteiger partial charge in [-0.2, -0.15) is 0 Å². The lowest BCUT2D eigenvalue weighted by molar-refractivity contribution is -0.130. The zero-order chi connectivity index (χ0) is 19.3. The Balaban J connectivity index is 1.45. The van der Waals surface area contributed by atoms with E-state index in [1.54, 1.807) is 0 Å². The van der Waals surface area contributed by atoms with Gasteiger partial charge in [0.15, 0.2) is 0 Å². The Morgan fingerprint density at radius 2 is 1.64 bits per heavy atom. The second-order valence-electron chi connectivity index (χ2n) is 8.05. The van der Waals surface area contributed by atoms with Gasteiger partial charge in [0.1, 0.15) is 0 Å². The quantitative estimate of drug-likeness (QED) is 0.832. The molecule has 1 saturated carbocycles. The van der Waals surface area contributed by atoms with Crippen LogP contribution in [0.4, 0.5) is 0 Å². The van der Waals surface area contributed by atoms with Gasteiger partial charge in [-0.05, 0) is 30.4 Å². The van der Waals surface area contributed by atoms with Crippen molar-refractivity contribution in [2.45, 2.75) is 50.6 Å². The fraction of sp³-hybridized carbons (Fsp3) is 0.417. The molecule has 1 aliphatic heterocycles. The molecule has 0 aromatic heterocycles. The normalized spacial score (nSPS) is 21.1. The highest BCUT2D eigenvalue weighted by molar-refractivity contribution is 5.89. The predicted molar refractivity (Wildman–Crippen MR) is 110 cm³/mol. The molecule has 2 aromatic carbocycles. The van der Waals surface area contributed by atoms with Crippen molar-refractivity contribution in [1.82, 2.24) is 10.2 Å². The molecule has 2 aromatic rings. The number of rotatable bonds is 6. The molecule has 0 unspecified atom stereocenters. The van der Waals surface area contributed by atoms with Crippen LogP contribution in [-0.2, 0) is 16.0 Å². The maximum Gasteiger partial charge on any atom is 0.225 e. The third kappa shape index (κ3) is 4.27. The van der Waals surface area contributed by atoms with Gasteiger partial charge in [0.2, 0.25) is 11.8 Å². The van der Waals surface area contributed by atoms with Crippen LogP contribution in [0, 0.1) is 5.92 Å². The molecule has 4 rings (SSSR count). The number of nitrogens with one attached hydrogen (secondary N) is 1. The van der Waals surface area contributed by atoms with Crippen molar-refractivity contribution < 1.29 is 9.59 Å². The van der Waals surface area contributed by atoms with E-state index in [9.17, 15) is 9.59 Å². The van der Waals surface area contributed by atoms with E-state index in [4.69, 9.17) is 0 Å². The zero-order valence-electron chi connectivity index (χ0n) is 16.2. The van der Waals surface area contributed by atoms with Crippen molar-refractivity contribution >= 4 is 11.8 Å². The standard InChI is InChI=1S/C24H28N2O2/c27-23-16-20(17-26(23)21-13-7-8-14-21)24(28)25-22(19-11-5-2-6-12-19)15-18-9-3-1-4-10-18/h1-6,9-12,20-22H,7-8,13-17H2,(H,25,28)/t20-,22+/m1/s1. The molecule has 28 heavy (non-hydrogen) atoms. The minimum Gasteiger partial charge on any atom is -0.349 e. The van der Waals surface area contributed by atoms with E-state index in [0.29, 0.717) is 19.0 Å². The van der Waals surface area contributed by atoms with Crippen LogP contribution >= 0.6 is 0 Å². The summed E-state index contributed by atoms with van der Waals surface area (Å²) in [5.41, 5.74) is 2.28. The fourth-order valence-electron chi connectivity index (χ4n) is 4.55. The summed E-state index contributed by atoms with van der Waals surface area (Å²) in [6.45, 7) is 0.572. The second-order valence-corrected chi connectivity index (χ2v) is 8.05. The smallest absolute Gasteiger partial charge is 0.225 e. The summed E-state index contributed by atoms with van der Waals surface area (Å²) in [5.74, 6) is -0.0971. The Hall–Kier alpha value is -2.62. The highest BCUT2D eigenvalue weighted by Gasteiger charge is 2.39. The third-order valence-electron chi connectivity index (χ3n) is 6.10. The Labute approximate surface area is 166 Å². The van der Waals surface area contributed by atoms with Crippen LogP contribution in [-0.4, -0.2) is 29.3 Å². The second kappa shape index (κ2) is 8.59. The number of carbonyl (C=O) groups is 2. The number of amides is 2. The molecule has 4 nitrogen and oxygen atoms in total. The van der Waals surface area contributed by atoms with Gasteiger partial charge < -0.3 is 10.2 Å². The first kappa shape index (κ1) is 18.7. The highest BCUT2D eigenvalue weighted by Crippen LogP contribution is 2.30. The third-order valence-corrected chi connectivity index (χ3v) is 6.10. The number of likely N-dealkylation sites (tertiary alicyclic amines) is 1. The van der Waals surface area contributed by atoms with Crippen LogP contribution in [0.1, 0.15) is 49.3 Å². The molecule has 2 amide bonds. The van der Waals surface area contributed by atoms with Crippen molar-refractivity contribution in [1.29, 1.82) is 0 Å². The number of carbonyl (C=O) groups excluding carboxylic acids is 2. The molecule has 0 spiro atoms. The molecule has 2 atom stereocenters. The van der Waals surface area contributed by atoms with Crippen LogP contribution in [0.5, 0.6) is 0 Å². The van der Waals surface area contributed by atoms with Gasteiger partial charge in [-0.3, -0.25) is 9.59 Å². The predicted octanol–water partition coefficient (Wildman–Crippen LogP) is 3.88. The van der Waals surface area contributed by atoms with E-state index in [1.807, 2.05) is 41.3 Å². The van der Waals surface area contributed by atoms with Crippen LogP contribution in [0.3, 0.4) is 0 Å². The molecule has 0 radical (unpaired) electrons. The van der Waals surface area contributed by atoms with E-state index in [2.05, 4.69) is 29.6 Å². The van der Waals surface area contributed by atoms with E-state index in [-0.39, 0.29) is 23.8 Å². The first-order valence-electron chi connectivity index (χ1n) is 10.4. The van der Waals surface area contributed by atoms with Crippen LogP contribution < -0.4 is 5.32 Å². The number of hydrogen-bond acceptors (Lipinski definition) is 2. The molecule has 2 aliphatic rings. The minimum absolute atomic E-state index is 0.00127. The molecule has 4 heteroatoms. The summed E-state index contributed by atoms with van der Waals surface area (Å²) in [4.78, 5) is 27.5. The molecular formula is C24H28N2O2. The molecule has 2 fully saturated rings. The minimum atomic E-state index is -0.241. The van der Waals surface area contributed by atoms with E-state index in [1.165, 1.54) is 18.4 Å². The van der Waals surface area contributed by atoms with Crippen molar-refractivity contribution in [3.05, 3.63) is 71.8 Å². The summed E-state index contributed by atoms with van der Waals surface area (Å²) >= 11 is 0. The molecule has 146 valence electrons. The first-order valence-corrected chi connectivity index (χ1v) is 10.4. The monoisotopic (exact) mass is 376 g/mol. The lowest BCUT2D eigenvalue weighted by atomic mass is 9.97. The van der Waals surface area contributed by atoms with Gasteiger partial charge in [0.25, 0.3) is 0 Å². The average molecular weight is 377 g/mol. The summed E-state index contributed by atoms with van der Waals surface area (Å²) in [7, 11) is 0. The van der Waals surface area contributed by atoms with Gasteiger partial charge in [-0.25, -0.2) is 0 Å². The Kier molecular flexibility index (Phi) is 5.75. The number of benzene rings is 2. The largest absolute Gasteiger partial charge is 0.349 e. The van der Waals surface area contributed by atoms with E-state index < -0.39 is 0 Å². The summed E-state index contributed by atoms with van der Waals surface area (Å²) in [5, 5.41) is 3.24. The van der Waals surface area contributed by atoms with Crippen molar-refractivity contribution in [3.63, 3.8) is 0 Å². The van der Waals surface area contributed by atoms with Gasteiger partial charge >= 0.3 is 0 Å². The molecular weight excluding hydrogens is 348 g/mol. The van der Waals surface area contributed by atoms with Crippen molar-refractivity contribution in [3.8, 4) is 0 Å². The lowest BCUT2D eigenvalue weighted by Gasteiger charge is -2.25. The van der Waals surface area contributed by atoms with E-state index in [0.717, 1.165) is 24.8 Å². The summed E-state index contributed by atoms with van der Waals surface area (Å²) in [6.07, 6.45) is 5.64. The Morgan fingerprint density at radius 3 is 2.32 bits per heavy atom. The summed E-state index contributed by atoms with van der Waals surface area (Å²) < 4.78 is 0. The maximum atomic E-state index is 13.0. The average Bonchev–Trinajstić information content (AvgIpc) is 3.38. The Morgan fingerprint density at radius 1 is 1.00 bits per heavy atom. The number of nitrogens with zero attached hydrogens (tertiary/aromatic N) is 1. The van der Waals surface area contributed by atoms with Crippen LogP contribution in [0.2, 0.25) is 0 Å². The van der Waals surface area contributed by atoms with Gasteiger partial charge in [-0.15, -0.1) is 0 Å². The highest BCUT2D eigenvalue weighted by atomic mass is 16.2. The van der Waals surface area contributed by atoms with Gasteiger partial charge in [0.05, 0.1) is 12.0 Å². The zero-order valence-corrected chi connectivity index (χ0v) is 16.2. The van der Waals surface area contributed by atoms with Gasteiger partial charge in [-0.1, -0.05) is 73.5 Å².